The summed E-state index contributed by atoms with van der Waals surface area (Å²) in [6.45, 7) is 9.02. The molecule has 3 aromatic rings. The van der Waals surface area contributed by atoms with Crippen LogP contribution in [-0.2, 0) is 9.53 Å². The Morgan fingerprint density at radius 3 is 2.50 bits per heavy atom. The highest BCUT2D eigenvalue weighted by atomic mass is 16.5. The van der Waals surface area contributed by atoms with E-state index in [0.29, 0.717) is 18.1 Å². The van der Waals surface area contributed by atoms with E-state index in [9.17, 15) is 4.79 Å². The summed E-state index contributed by atoms with van der Waals surface area (Å²) >= 11 is 0. The zero-order valence-corrected chi connectivity index (χ0v) is 21.2. The number of likely N-dealkylation sites (tertiary alicyclic amines) is 1. The topological polar surface area (TPSA) is 63.5 Å². The van der Waals surface area contributed by atoms with Gasteiger partial charge in [0.15, 0.2) is 0 Å². The van der Waals surface area contributed by atoms with Gasteiger partial charge in [0.05, 0.1) is 17.9 Å². The smallest absolute Gasteiger partial charge is 0.246 e. The van der Waals surface area contributed by atoms with Crippen LogP contribution in [0.4, 0.5) is 0 Å². The Labute approximate surface area is 213 Å². The lowest BCUT2D eigenvalue weighted by atomic mass is 9.95. The molecule has 0 aliphatic carbocycles. The molecule has 0 N–H and O–H groups in total. The average Bonchev–Trinajstić information content (AvgIpc) is 3.32. The van der Waals surface area contributed by atoms with Crippen LogP contribution in [0, 0.1) is 5.92 Å². The first-order valence-electron chi connectivity index (χ1n) is 13.0. The highest BCUT2D eigenvalue weighted by Gasteiger charge is 2.27. The molecule has 36 heavy (non-hydrogen) atoms. The minimum atomic E-state index is 0.0617. The molecule has 2 unspecified atom stereocenters. The Morgan fingerprint density at radius 2 is 1.81 bits per heavy atom. The average molecular weight is 486 g/mol. The molecule has 2 saturated heterocycles. The van der Waals surface area contributed by atoms with Gasteiger partial charge in [-0.3, -0.25) is 14.7 Å². The van der Waals surface area contributed by atoms with Crippen LogP contribution in [0.25, 0.3) is 23.0 Å². The van der Waals surface area contributed by atoms with E-state index in [0.717, 1.165) is 68.1 Å². The lowest BCUT2D eigenvalue weighted by Gasteiger charge is -2.39. The summed E-state index contributed by atoms with van der Waals surface area (Å²) in [5.74, 6) is 0.698. The van der Waals surface area contributed by atoms with E-state index < -0.39 is 0 Å². The third-order valence-electron chi connectivity index (χ3n) is 7.04. The number of pyridine rings is 1. The number of hydrogen-bond acceptors (Lipinski definition) is 5. The van der Waals surface area contributed by atoms with Gasteiger partial charge in [0.2, 0.25) is 5.91 Å². The molecule has 2 aromatic heterocycles. The number of piperidine rings is 1. The van der Waals surface area contributed by atoms with Crippen molar-refractivity contribution < 1.29 is 9.53 Å². The van der Waals surface area contributed by atoms with Gasteiger partial charge in [0, 0.05) is 68.5 Å². The van der Waals surface area contributed by atoms with Gasteiger partial charge in [-0.15, -0.1) is 0 Å². The van der Waals surface area contributed by atoms with Crippen LogP contribution in [0.1, 0.15) is 32.3 Å². The third kappa shape index (κ3) is 5.91. The van der Waals surface area contributed by atoms with E-state index in [1.54, 1.807) is 18.5 Å². The van der Waals surface area contributed by atoms with Crippen molar-refractivity contribution in [2.75, 3.05) is 32.7 Å². The number of carbonyl (C=O) groups is 1. The van der Waals surface area contributed by atoms with Crippen molar-refractivity contribution >= 4 is 12.0 Å². The van der Waals surface area contributed by atoms with Crippen molar-refractivity contribution in [2.24, 2.45) is 5.92 Å². The zero-order chi connectivity index (χ0) is 24.9. The van der Waals surface area contributed by atoms with Crippen molar-refractivity contribution in [1.29, 1.82) is 0 Å². The molecule has 0 radical (unpaired) electrons. The first-order chi connectivity index (χ1) is 17.5. The van der Waals surface area contributed by atoms with E-state index in [4.69, 9.17) is 9.84 Å². The largest absolute Gasteiger partial charge is 0.373 e. The molecule has 1 aromatic carbocycles. The second-order valence-electron chi connectivity index (χ2n) is 10.0. The quantitative estimate of drug-likeness (QED) is 0.487. The van der Waals surface area contributed by atoms with Gasteiger partial charge in [0.25, 0.3) is 0 Å². The maximum Gasteiger partial charge on any atom is 0.246 e. The standard InChI is InChI=1S/C29H35N5O2/c1-22-18-32(19-23(2)36-22)20-24-12-15-33(16-13-24)28(35)11-10-26-21-34(27-8-4-3-5-9-27)31-29(26)25-7-6-14-30-17-25/h3-11,14,17,21-24H,12-13,15-16,18-20H2,1-2H3/b11-10+. The highest BCUT2D eigenvalue weighted by Crippen LogP contribution is 2.25. The van der Waals surface area contributed by atoms with Crippen LogP contribution >= 0.6 is 0 Å². The minimum absolute atomic E-state index is 0.0617. The summed E-state index contributed by atoms with van der Waals surface area (Å²) < 4.78 is 7.72. The molecule has 0 spiro atoms. The summed E-state index contributed by atoms with van der Waals surface area (Å²) in [5.41, 5.74) is 3.60. The Hall–Kier alpha value is -3.29. The molecular formula is C29H35N5O2. The van der Waals surface area contributed by atoms with Crippen molar-refractivity contribution in [3.8, 4) is 16.9 Å². The SMILES string of the molecule is CC1CN(CC2CCN(C(=O)/C=C/c3cn(-c4ccccc4)nc3-c3cccnc3)CC2)CC(C)O1. The van der Waals surface area contributed by atoms with E-state index >= 15 is 0 Å². The second-order valence-corrected chi connectivity index (χ2v) is 10.0. The van der Waals surface area contributed by atoms with Crippen LogP contribution in [-0.4, -0.2) is 75.4 Å². The molecule has 0 bridgehead atoms. The molecule has 2 aliphatic rings. The first kappa shape index (κ1) is 24.4. The molecule has 1 amide bonds. The zero-order valence-electron chi connectivity index (χ0n) is 21.2. The fourth-order valence-electron chi connectivity index (χ4n) is 5.35. The number of morpholine rings is 1. The molecule has 2 aliphatic heterocycles. The van der Waals surface area contributed by atoms with Gasteiger partial charge in [-0.25, -0.2) is 4.68 Å². The molecule has 0 saturated carbocycles. The number of hydrogen-bond donors (Lipinski definition) is 0. The fraction of sp³-hybridized carbons (Fsp3) is 0.414. The number of benzene rings is 1. The molecule has 5 rings (SSSR count). The summed E-state index contributed by atoms with van der Waals surface area (Å²) in [7, 11) is 0. The van der Waals surface area contributed by atoms with Crippen LogP contribution < -0.4 is 0 Å². The number of para-hydroxylation sites is 1. The predicted molar refractivity (Wildman–Crippen MR) is 142 cm³/mol. The molecule has 7 nitrogen and oxygen atoms in total. The van der Waals surface area contributed by atoms with Gasteiger partial charge in [-0.1, -0.05) is 18.2 Å². The molecule has 4 heterocycles. The van der Waals surface area contributed by atoms with Gasteiger partial charge < -0.3 is 9.64 Å². The Bertz CT molecular complexity index is 1160. The molecular weight excluding hydrogens is 450 g/mol. The van der Waals surface area contributed by atoms with E-state index in [1.165, 1.54) is 0 Å². The Balaban J connectivity index is 1.24. The van der Waals surface area contributed by atoms with Crippen LogP contribution in [0.5, 0.6) is 0 Å². The lowest BCUT2D eigenvalue weighted by Crippen LogP contribution is -2.48. The predicted octanol–water partition coefficient (Wildman–Crippen LogP) is 4.30. The normalized spacial score (nSPS) is 21.8. The monoisotopic (exact) mass is 485 g/mol. The number of amides is 1. The number of ether oxygens (including phenoxy) is 1. The van der Waals surface area contributed by atoms with Crippen LogP contribution in [0.2, 0.25) is 0 Å². The fourth-order valence-corrected chi connectivity index (χ4v) is 5.35. The Kier molecular flexibility index (Phi) is 7.58. The second kappa shape index (κ2) is 11.2. The molecule has 7 heteroatoms. The molecule has 188 valence electrons. The first-order valence-corrected chi connectivity index (χ1v) is 13.0. The lowest BCUT2D eigenvalue weighted by molar-refractivity contribution is -0.127. The van der Waals surface area contributed by atoms with E-state index in [2.05, 4.69) is 23.7 Å². The van der Waals surface area contributed by atoms with Crippen molar-refractivity contribution in [3.63, 3.8) is 0 Å². The van der Waals surface area contributed by atoms with E-state index in [-0.39, 0.29) is 5.91 Å². The summed E-state index contributed by atoms with van der Waals surface area (Å²) in [6.07, 6.45) is 11.8. The van der Waals surface area contributed by atoms with Gasteiger partial charge in [-0.2, -0.15) is 5.10 Å². The van der Waals surface area contributed by atoms with Crippen molar-refractivity contribution in [2.45, 2.75) is 38.9 Å². The molecule has 2 fully saturated rings. The maximum atomic E-state index is 13.1. The van der Waals surface area contributed by atoms with Gasteiger partial charge in [-0.05, 0) is 62.9 Å². The van der Waals surface area contributed by atoms with Crippen molar-refractivity contribution in [3.05, 3.63) is 72.7 Å². The molecule has 2 atom stereocenters. The number of carbonyl (C=O) groups excluding carboxylic acids is 1. The minimum Gasteiger partial charge on any atom is -0.373 e. The van der Waals surface area contributed by atoms with Gasteiger partial charge >= 0.3 is 0 Å². The van der Waals surface area contributed by atoms with E-state index in [1.807, 2.05) is 64.3 Å². The summed E-state index contributed by atoms with van der Waals surface area (Å²) in [6, 6.07) is 13.9. The maximum absolute atomic E-state index is 13.1. The van der Waals surface area contributed by atoms with Crippen LogP contribution in [0.3, 0.4) is 0 Å². The summed E-state index contributed by atoms with van der Waals surface area (Å²) in [4.78, 5) is 21.8. The third-order valence-corrected chi connectivity index (χ3v) is 7.04. The number of nitrogens with zero attached hydrogens (tertiary/aromatic N) is 5. The van der Waals surface area contributed by atoms with Gasteiger partial charge in [0.1, 0.15) is 5.69 Å². The Morgan fingerprint density at radius 1 is 1.06 bits per heavy atom. The highest BCUT2D eigenvalue weighted by molar-refractivity contribution is 5.93. The number of rotatable bonds is 6. The number of aromatic nitrogens is 3. The van der Waals surface area contributed by atoms with Crippen molar-refractivity contribution in [1.82, 2.24) is 24.6 Å². The summed E-state index contributed by atoms with van der Waals surface area (Å²) in [5, 5.41) is 4.80. The van der Waals surface area contributed by atoms with Crippen LogP contribution in [0.15, 0.2) is 67.1 Å².